The van der Waals surface area contributed by atoms with E-state index in [2.05, 4.69) is 59.8 Å². The van der Waals surface area contributed by atoms with Crippen LogP contribution in [0.3, 0.4) is 0 Å². The highest BCUT2D eigenvalue weighted by Gasteiger charge is 2.38. The lowest BCUT2D eigenvalue weighted by Gasteiger charge is -2.38. The number of halogens is 3. The highest BCUT2D eigenvalue weighted by atomic mass is 79.9. The van der Waals surface area contributed by atoms with Crippen molar-refractivity contribution in [2.45, 2.75) is 57.1 Å². The fraction of sp³-hybridized carbons (Fsp3) is 0.556. The lowest BCUT2D eigenvalue weighted by Crippen LogP contribution is -2.44. The summed E-state index contributed by atoms with van der Waals surface area (Å²) in [5.41, 5.74) is -0.590. The summed E-state index contributed by atoms with van der Waals surface area (Å²) >= 11 is 10.6. The second-order valence-electron chi connectivity index (χ2n) is 8.07. The molecule has 2 rings (SSSR count). The summed E-state index contributed by atoms with van der Waals surface area (Å²) in [6, 6.07) is 0. The molecule has 2 aromatic rings. The van der Waals surface area contributed by atoms with E-state index in [1.165, 1.54) is 11.8 Å². The zero-order valence-electron chi connectivity index (χ0n) is 17.0. The minimum atomic E-state index is -1.98. The highest BCUT2D eigenvalue weighted by Crippen LogP contribution is 2.41. The van der Waals surface area contributed by atoms with Crippen molar-refractivity contribution < 1.29 is 13.6 Å². The fourth-order valence-corrected chi connectivity index (χ4v) is 4.78. The lowest BCUT2D eigenvalue weighted by atomic mass is 10.2. The molecule has 0 fully saturated rings. The Balaban J connectivity index is 2.41. The van der Waals surface area contributed by atoms with Crippen LogP contribution < -0.4 is 10.3 Å². The van der Waals surface area contributed by atoms with Gasteiger partial charge in [0.1, 0.15) is 22.5 Å². The molecule has 0 amide bonds. The zero-order chi connectivity index (χ0) is 21.4. The minimum Gasteiger partial charge on any atom is -0.488 e. The summed E-state index contributed by atoms with van der Waals surface area (Å²) in [7, 11) is -1.98. The van der Waals surface area contributed by atoms with E-state index in [0.717, 1.165) is 0 Å². The summed E-state index contributed by atoms with van der Waals surface area (Å²) in [5, 5.41) is 0.350. The van der Waals surface area contributed by atoms with Gasteiger partial charge in [0, 0.05) is 0 Å². The molecule has 5 nitrogen and oxygen atoms in total. The molecule has 156 valence electrons. The average Bonchev–Trinajstić information content (AvgIpc) is 2.58. The van der Waals surface area contributed by atoms with E-state index in [9.17, 15) is 9.18 Å². The Bertz CT molecular complexity index is 949. The van der Waals surface area contributed by atoms with Crippen LogP contribution in [-0.4, -0.2) is 37.3 Å². The molecule has 10 heteroatoms. The summed E-state index contributed by atoms with van der Waals surface area (Å²) in [4.78, 5) is 19.3. The molecule has 1 N–H and O–H groups in total. The van der Waals surface area contributed by atoms with Crippen molar-refractivity contribution in [1.82, 2.24) is 9.97 Å². The maximum atomic E-state index is 14.7. The van der Waals surface area contributed by atoms with Gasteiger partial charge >= 0.3 is 0 Å². The number of thioether (sulfide) groups is 1. The largest absolute Gasteiger partial charge is 0.488 e. The smallest absolute Gasteiger partial charge is 0.263 e. The van der Waals surface area contributed by atoms with Gasteiger partial charge in [-0.2, -0.15) is 0 Å². The van der Waals surface area contributed by atoms with Crippen LogP contribution in [0.5, 0.6) is 5.75 Å². The lowest BCUT2D eigenvalue weighted by molar-refractivity contribution is 0.130. The number of nitrogens with one attached hydrogen (secondary N) is 1. The zero-order valence-corrected chi connectivity index (χ0v) is 21.2. The Morgan fingerprint density at radius 1 is 1.39 bits per heavy atom. The number of H-pyrrole nitrogens is 1. The third-order valence-corrected chi connectivity index (χ3v) is 11.4. The number of ether oxygens (including phenoxy) is 1. The normalized spacial score (nSPS) is 13.8. The number of rotatable bonds is 6. The third kappa shape index (κ3) is 4.75. The van der Waals surface area contributed by atoms with E-state index in [-0.39, 0.29) is 43.9 Å². The van der Waals surface area contributed by atoms with Crippen LogP contribution in [0.1, 0.15) is 27.7 Å². The van der Waals surface area contributed by atoms with Gasteiger partial charge in [0.05, 0.1) is 10.6 Å². The van der Waals surface area contributed by atoms with Crippen molar-refractivity contribution >= 4 is 58.5 Å². The number of benzene rings is 1. The summed E-state index contributed by atoms with van der Waals surface area (Å²) in [6.07, 6.45) is 1.51. The van der Waals surface area contributed by atoms with Crippen molar-refractivity contribution in [3.05, 3.63) is 25.7 Å². The van der Waals surface area contributed by atoms with E-state index in [0.29, 0.717) is 5.16 Å². The quantitative estimate of drug-likeness (QED) is 0.223. The predicted octanol–water partition coefficient (Wildman–Crippen LogP) is 5.99. The van der Waals surface area contributed by atoms with Gasteiger partial charge in [0.2, 0.25) is 0 Å². The van der Waals surface area contributed by atoms with Crippen LogP contribution in [0.2, 0.25) is 23.2 Å². The molecule has 1 atom stereocenters. The van der Waals surface area contributed by atoms with Gasteiger partial charge in [-0.25, -0.2) is 9.37 Å². The first kappa shape index (κ1) is 23.7. The summed E-state index contributed by atoms with van der Waals surface area (Å²) in [6.45, 7) is 12.8. The standard InChI is InChI=1S/C18H25BrClFN2O3SSi/c1-9(26-28(6,7)18(2,3)4)8-25-15-10-14(13(21)11(19)12(15)20)22-17(27-5)23-16(10)24/h9H,8H2,1-7H3,(H,22,23,24)/t9-/m1/s1. The average molecular weight is 512 g/mol. The van der Waals surface area contributed by atoms with Crippen LogP contribution in [0.15, 0.2) is 14.4 Å². The molecule has 0 aliphatic heterocycles. The van der Waals surface area contributed by atoms with Crippen LogP contribution >= 0.6 is 39.3 Å². The van der Waals surface area contributed by atoms with Crippen LogP contribution in [0.25, 0.3) is 10.9 Å². The van der Waals surface area contributed by atoms with Gasteiger partial charge in [0.15, 0.2) is 25.0 Å². The maximum absolute atomic E-state index is 14.7. The number of hydrogen-bond acceptors (Lipinski definition) is 5. The molecule has 0 unspecified atom stereocenters. The first-order valence-corrected chi connectivity index (χ1v) is 14.1. The monoisotopic (exact) mass is 510 g/mol. The molecule has 0 aliphatic rings. The molecular weight excluding hydrogens is 487 g/mol. The maximum Gasteiger partial charge on any atom is 0.263 e. The number of nitrogens with zero attached hydrogens (tertiary/aromatic N) is 1. The Hall–Kier alpha value is -0.613. The molecule has 0 saturated carbocycles. The van der Waals surface area contributed by atoms with Gasteiger partial charge in [0.25, 0.3) is 5.56 Å². The van der Waals surface area contributed by atoms with Crippen LogP contribution in [0.4, 0.5) is 4.39 Å². The van der Waals surface area contributed by atoms with Gasteiger partial charge in [-0.3, -0.25) is 4.79 Å². The molecule has 1 aromatic heterocycles. The van der Waals surface area contributed by atoms with Gasteiger partial charge in [-0.05, 0) is 47.2 Å². The molecule has 0 saturated heterocycles. The predicted molar refractivity (Wildman–Crippen MR) is 120 cm³/mol. The number of aromatic amines is 1. The second kappa shape index (κ2) is 8.63. The highest BCUT2D eigenvalue weighted by molar-refractivity contribution is 9.10. The van der Waals surface area contributed by atoms with Gasteiger partial charge in [-0.1, -0.05) is 44.1 Å². The van der Waals surface area contributed by atoms with E-state index in [4.69, 9.17) is 20.8 Å². The fourth-order valence-electron chi connectivity index (χ4n) is 2.38. The van der Waals surface area contributed by atoms with E-state index < -0.39 is 19.7 Å². The van der Waals surface area contributed by atoms with Crippen molar-refractivity contribution in [1.29, 1.82) is 0 Å². The molecule has 1 heterocycles. The Labute approximate surface area is 183 Å². The third-order valence-electron chi connectivity index (χ3n) is 4.88. The second-order valence-corrected chi connectivity index (χ2v) is 14.8. The Morgan fingerprint density at radius 2 is 2.00 bits per heavy atom. The first-order valence-electron chi connectivity index (χ1n) is 8.75. The van der Waals surface area contributed by atoms with Gasteiger partial charge < -0.3 is 14.1 Å². The van der Waals surface area contributed by atoms with E-state index in [1.807, 2.05) is 6.92 Å². The Kier molecular flexibility index (Phi) is 7.29. The minimum absolute atomic E-state index is 0.00581. The van der Waals surface area contributed by atoms with Crippen LogP contribution in [0, 0.1) is 5.82 Å². The van der Waals surface area contributed by atoms with Crippen molar-refractivity contribution in [3.63, 3.8) is 0 Å². The van der Waals surface area contributed by atoms with Gasteiger partial charge in [-0.15, -0.1) is 0 Å². The van der Waals surface area contributed by atoms with E-state index in [1.54, 1.807) is 6.26 Å². The molecule has 28 heavy (non-hydrogen) atoms. The SMILES string of the molecule is CSc1nc2c(F)c(Br)c(Cl)c(OC[C@@H](C)O[Si](C)(C)C(C)(C)C)c2c(=O)[nH]1. The number of hydrogen-bond donors (Lipinski definition) is 1. The van der Waals surface area contributed by atoms with E-state index >= 15 is 0 Å². The molecule has 0 spiro atoms. The molecule has 1 aromatic carbocycles. The van der Waals surface area contributed by atoms with Crippen molar-refractivity contribution in [2.75, 3.05) is 12.9 Å². The Morgan fingerprint density at radius 3 is 2.54 bits per heavy atom. The molecule has 0 radical (unpaired) electrons. The van der Waals surface area contributed by atoms with Crippen molar-refractivity contribution in [3.8, 4) is 5.75 Å². The molecule has 0 aliphatic carbocycles. The number of fused-ring (bicyclic) bond motifs is 1. The first-order chi connectivity index (χ1) is 12.8. The molecular formula is C18H25BrClFN2O3SSi. The summed E-state index contributed by atoms with van der Waals surface area (Å²) in [5.74, 6) is -0.601. The van der Waals surface area contributed by atoms with Crippen LogP contribution in [-0.2, 0) is 4.43 Å². The topological polar surface area (TPSA) is 64.2 Å². The van der Waals surface area contributed by atoms with Crippen molar-refractivity contribution in [2.24, 2.45) is 0 Å². The number of aromatic nitrogens is 2. The molecule has 0 bridgehead atoms. The summed E-state index contributed by atoms with van der Waals surface area (Å²) < 4.78 is 26.8.